The minimum Gasteiger partial charge on any atom is -0.164 e. The van der Waals surface area contributed by atoms with Gasteiger partial charge in [-0.15, -0.1) is 5.10 Å². The van der Waals surface area contributed by atoms with E-state index in [1.54, 1.807) is 0 Å². The first-order valence-electron chi connectivity index (χ1n) is 13.3. The monoisotopic (exact) mass is 550 g/mol. The van der Waals surface area contributed by atoms with Crippen LogP contribution in [-0.2, 0) is 10.8 Å². The lowest BCUT2D eigenvalue weighted by Crippen LogP contribution is -2.37. The lowest BCUT2D eigenvalue weighted by atomic mass is 9.76. The van der Waals surface area contributed by atoms with Crippen molar-refractivity contribution in [3.63, 3.8) is 0 Å². The summed E-state index contributed by atoms with van der Waals surface area (Å²) in [5.74, 6) is 0. The Bertz CT molecular complexity index is 571. The summed E-state index contributed by atoms with van der Waals surface area (Å²) in [5, 5.41) is 4.68. The highest BCUT2D eigenvalue weighted by Gasteiger charge is 2.43. The number of unbranched alkanes of at least 4 members (excludes halogenated alkanes) is 12. The van der Waals surface area contributed by atoms with Crippen LogP contribution in [0.4, 0.5) is 0 Å². The van der Waals surface area contributed by atoms with Crippen molar-refractivity contribution in [3.05, 3.63) is 10.6 Å². The molecule has 0 saturated carbocycles. The van der Waals surface area contributed by atoms with Crippen LogP contribution in [0.3, 0.4) is 0 Å². The molecule has 0 fully saturated rings. The average Bonchev–Trinajstić information content (AvgIpc) is 3.28. The Morgan fingerprint density at radius 2 is 1.03 bits per heavy atom. The summed E-state index contributed by atoms with van der Waals surface area (Å²) >= 11 is 20.8. The van der Waals surface area contributed by atoms with Gasteiger partial charge in [0.1, 0.15) is 0 Å². The maximum absolute atomic E-state index is 4.83. The van der Waals surface area contributed by atoms with E-state index < -0.39 is 0 Å². The highest BCUT2D eigenvalue weighted by molar-refractivity contribution is 7.99. The third kappa shape index (κ3) is 10.5. The molecule has 0 amide bonds. The van der Waals surface area contributed by atoms with Crippen LogP contribution in [0.5, 0.6) is 0 Å². The summed E-state index contributed by atoms with van der Waals surface area (Å²) in [6.45, 7) is 9.11. The number of aromatic nitrogens is 2. The molecular weight excluding hydrogens is 501 g/mol. The van der Waals surface area contributed by atoms with Gasteiger partial charge in [-0.25, -0.2) is 0 Å². The summed E-state index contributed by atoms with van der Waals surface area (Å²) in [6.07, 6.45) is 20.4. The van der Waals surface area contributed by atoms with E-state index in [0.717, 1.165) is 18.5 Å². The van der Waals surface area contributed by atoms with Gasteiger partial charge in [-0.2, -0.15) is 50.5 Å². The van der Waals surface area contributed by atoms with Crippen LogP contribution in [0.25, 0.3) is 0 Å². The maximum atomic E-state index is 4.83. The van der Waals surface area contributed by atoms with Gasteiger partial charge in [-0.3, -0.25) is 0 Å². The molecule has 1 rings (SSSR count). The van der Waals surface area contributed by atoms with Gasteiger partial charge >= 0.3 is 0 Å². The number of rotatable bonds is 20. The molecule has 1 aromatic heterocycles. The molecule has 7 heteroatoms. The number of hydrogen-bond donors (Lipinski definition) is 4. The van der Waals surface area contributed by atoms with Gasteiger partial charge in [0, 0.05) is 10.8 Å². The Kier molecular flexibility index (Phi) is 16.9. The topological polar surface area (TPSA) is 25.8 Å². The molecule has 33 heavy (non-hydrogen) atoms. The molecule has 0 spiro atoms. The fourth-order valence-corrected chi connectivity index (χ4v) is 6.75. The Labute approximate surface area is 231 Å². The standard InChI is InChI=1S/C26H50N2S5/c1-5-7-9-11-13-15-17-19-25(3,23(29)30)21-22(33-28-27-21)26(4,24(31)32)20-18-16-14-12-10-8-6-2/h23-24,29-32H,5-20H2,1-4H3. The summed E-state index contributed by atoms with van der Waals surface area (Å²) < 4.78 is 4.29. The largest absolute Gasteiger partial charge is 0.164 e. The summed E-state index contributed by atoms with van der Waals surface area (Å²) in [5.41, 5.74) is 0.708. The van der Waals surface area contributed by atoms with E-state index in [2.05, 4.69) is 37.3 Å². The van der Waals surface area contributed by atoms with Gasteiger partial charge in [0.05, 0.1) is 19.7 Å². The average molecular weight is 551 g/mol. The van der Waals surface area contributed by atoms with Crippen molar-refractivity contribution in [2.45, 2.75) is 150 Å². The van der Waals surface area contributed by atoms with Gasteiger partial charge in [0.2, 0.25) is 0 Å². The highest BCUT2D eigenvalue weighted by Crippen LogP contribution is 2.47. The number of thiol groups is 4. The van der Waals surface area contributed by atoms with Gasteiger partial charge in [-0.05, 0) is 24.4 Å². The molecule has 1 aromatic rings. The second kappa shape index (κ2) is 17.4. The van der Waals surface area contributed by atoms with E-state index in [4.69, 9.17) is 50.5 Å². The Morgan fingerprint density at radius 3 is 1.45 bits per heavy atom. The molecule has 0 N–H and O–H groups in total. The van der Waals surface area contributed by atoms with Crippen LogP contribution in [0, 0.1) is 0 Å². The van der Waals surface area contributed by atoms with Gasteiger partial charge < -0.3 is 0 Å². The minimum absolute atomic E-state index is 0.0558. The van der Waals surface area contributed by atoms with Gasteiger partial charge in [-0.1, -0.05) is 122 Å². The molecular formula is C26H50N2S5. The fraction of sp³-hybridized carbons (Fsp3) is 0.923. The van der Waals surface area contributed by atoms with Crippen LogP contribution in [0.1, 0.15) is 141 Å². The van der Waals surface area contributed by atoms with Crippen LogP contribution in [-0.4, -0.2) is 18.8 Å². The fourth-order valence-electron chi connectivity index (χ4n) is 4.57. The van der Waals surface area contributed by atoms with E-state index in [0.29, 0.717) is 0 Å². The van der Waals surface area contributed by atoms with Crippen molar-refractivity contribution in [1.29, 1.82) is 0 Å². The zero-order valence-electron chi connectivity index (χ0n) is 21.6. The molecule has 194 valence electrons. The highest BCUT2D eigenvalue weighted by atomic mass is 32.2. The van der Waals surface area contributed by atoms with Crippen molar-refractivity contribution in [2.24, 2.45) is 0 Å². The van der Waals surface area contributed by atoms with Crippen molar-refractivity contribution in [2.75, 3.05) is 0 Å². The molecule has 2 atom stereocenters. The van der Waals surface area contributed by atoms with E-state index in [9.17, 15) is 0 Å². The van der Waals surface area contributed by atoms with Crippen molar-refractivity contribution in [3.8, 4) is 0 Å². The van der Waals surface area contributed by atoms with E-state index in [1.165, 1.54) is 106 Å². The third-order valence-corrected chi connectivity index (χ3v) is 10.6. The first-order chi connectivity index (χ1) is 15.7. The van der Waals surface area contributed by atoms with E-state index >= 15 is 0 Å². The van der Waals surface area contributed by atoms with Crippen molar-refractivity contribution >= 4 is 62.0 Å². The first-order valence-corrected chi connectivity index (χ1v) is 16.1. The Balaban J connectivity index is 2.84. The Hall–Kier alpha value is 0.960. The molecule has 1 heterocycles. The van der Waals surface area contributed by atoms with Gasteiger partial charge in [0.25, 0.3) is 0 Å². The quantitative estimate of drug-likeness (QED) is 0.0738. The Morgan fingerprint density at radius 1 is 0.636 bits per heavy atom. The lowest BCUT2D eigenvalue weighted by Gasteiger charge is -2.37. The SMILES string of the molecule is CCCCCCCCCC(C)(c1nnsc1C(C)(CCCCCCCCC)C(S)S)C(S)S. The summed E-state index contributed by atoms with van der Waals surface area (Å²) in [7, 11) is 0. The molecule has 2 nitrogen and oxygen atoms in total. The van der Waals surface area contributed by atoms with Crippen LogP contribution < -0.4 is 0 Å². The predicted molar refractivity (Wildman–Crippen MR) is 163 cm³/mol. The predicted octanol–water partition coefficient (Wildman–Crippen LogP) is 9.71. The van der Waals surface area contributed by atoms with Crippen LogP contribution in [0.15, 0.2) is 0 Å². The number of nitrogens with zero attached hydrogens (tertiary/aromatic N) is 2. The molecule has 0 aliphatic rings. The second-order valence-electron chi connectivity index (χ2n) is 10.3. The first kappa shape index (κ1) is 32.0. The maximum Gasteiger partial charge on any atom is 0.0872 e. The number of hydrogen-bond acceptors (Lipinski definition) is 7. The van der Waals surface area contributed by atoms with Gasteiger partial charge in [0.15, 0.2) is 0 Å². The van der Waals surface area contributed by atoms with E-state index in [-0.39, 0.29) is 20.0 Å². The zero-order chi connectivity index (χ0) is 24.7. The molecule has 0 saturated heterocycles. The van der Waals surface area contributed by atoms with Crippen LogP contribution >= 0.6 is 62.0 Å². The van der Waals surface area contributed by atoms with Crippen molar-refractivity contribution < 1.29 is 0 Å². The van der Waals surface area contributed by atoms with Crippen molar-refractivity contribution in [1.82, 2.24) is 9.59 Å². The smallest absolute Gasteiger partial charge is 0.0872 e. The zero-order valence-corrected chi connectivity index (χ0v) is 26.0. The molecule has 0 aliphatic carbocycles. The molecule has 2 unspecified atom stereocenters. The lowest BCUT2D eigenvalue weighted by molar-refractivity contribution is 0.398. The normalized spacial score (nSPS) is 15.8. The molecule has 0 radical (unpaired) electrons. The van der Waals surface area contributed by atoms with Crippen LogP contribution in [0.2, 0.25) is 0 Å². The summed E-state index contributed by atoms with van der Waals surface area (Å²) in [6, 6.07) is 0. The molecule has 0 bridgehead atoms. The second-order valence-corrected chi connectivity index (χ2v) is 13.9. The molecule has 0 aromatic carbocycles. The molecule has 0 aliphatic heterocycles. The third-order valence-electron chi connectivity index (χ3n) is 7.29. The minimum atomic E-state index is -0.212. The van der Waals surface area contributed by atoms with E-state index in [1.807, 2.05) is 0 Å². The summed E-state index contributed by atoms with van der Waals surface area (Å²) in [4.78, 5) is 1.24.